The number of aromatic nitrogens is 2. The standard InChI is InChI=1S/C15H9N3O/c16-9-10-6-7-12-13(8-10)14(17-18-15(12)19)11-4-2-1-3-5-11/h1-8H,(H,18,19). The maximum atomic E-state index is 11.8. The van der Waals surface area contributed by atoms with Crippen molar-refractivity contribution in [1.82, 2.24) is 10.2 Å². The van der Waals surface area contributed by atoms with Crippen LogP contribution < -0.4 is 5.56 Å². The Morgan fingerprint density at radius 1 is 1.05 bits per heavy atom. The second kappa shape index (κ2) is 4.39. The smallest absolute Gasteiger partial charge is 0.267 e. The fourth-order valence-electron chi connectivity index (χ4n) is 2.05. The predicted octanol–water partition coefficient (Wildman–Crippen LogP) is 2.46. The molecular formula is C15H9N3O. The summed E-state index contributed by atoms with van der Waals surface area (Å²) in [5.41, 5.74) is 1.84. The van der Waals surface area contributed by atoms with E-state index >= 15 is 0 Å². The van der Waals surface area contributed by atoms with Gasteiger partial charge in [-0.25, -0.2) is 5.10 Å². The molecule has 90 valence electrons. The van der Waals surface area contributed by atoms with Gasteiger partial charge in [-0.15, -0.1) is 0 Å². The second-order valence-corrected chi connectivity index (χ2v) is 4.14. The van der Waals surface area contributed by atoms with Gasteiger partial charge in [-0.1, -0.05) is 30.3 Å². The molecule has 1 aromatic heterocycles. The molecule has 0 saturated heterocycles. The van der Waals surface area contributed by atoms with Crippen molar-refractivity contribution in [2.75, 3.05) is 0 Å². The van der Waals surface area contributed by atoms with Crippen LogP contribution in [0.3, 0.4) is 0 Å². The Morgan fingerprint density at radius 2 is 1.84 bits per heavy atom. The largest absolute Gasteiger partial charge is 0.272 e. The van der Waals surface area contributed by atoms with Crippen LogP contribution in [0, 0.1) is 11.3 Å². The van der Waals surface area contributed by atoms with Gasteiger partial charge in [0.25, 0.3) is 5.56 Å². The molecule has 0 fully saturated rings. The van der Waals surface area contributed by atoms with Gasteiger partial charge in [-0.2, -0.15) is 10.4 Å². The van der Waals surface area contributed by atoms with E-state index in [-0.39, 0.29) is 5.56 Å². The van der Waals surface area contributed by atoms with Crippen molar-refractivity contribution < 1.29 is 0 Å². The minimum Gasteiger partial charge on any atom is -0.267 e. The fraction of sp³-hybridized carbons (Fsp3) is 0. The lowest BCUT2D eigenvalue weighted by atomic mass is 10.0. The summed E-state index contributed by atoms with van der Waals surface area (Å²) in [6.07, 6.45) is 0. The molecule has 0 amide bonds. The number of nitriles is 1. The van der Waals surface area contributed by atoms with E-state index in [1.165, 1.54) is 0 Å². The first-order chi connectivity index (χ1) is 9.29. The number of nitrogens with zero attached hydrogens (tertiary/aromatic N) is 2. The normalized spacial score (nSPS) is 10.3. The van der Waals surface area contributed by atoms with Crippen LogP contribution in [0.5, 0.6) is 0 Å². The van der Waals surface area contributed by atoms with E-state index in [1.54, 1.807) is 18.2 Å². The summed E-state index contributed by atoms with van der Waals surface area (Å²) in [5.74, 6) is 0. The van der Waals surface area contributed by atoms with E-state index in [9.17, 15) is 4.79 Å². The predicted molar refractivity (Wildman–Crippen MR) is 72.5 cm³/mol. The maximum absolute atomic E-state index is 11.8. The van der Waals surface area contributed by atoms with Gasteiger partial charge in [-0.05, 0) is 18.2 Å². The minimum atomic E-state index is -0.251. The van der Waals surface area contributed by atoms with Crippen LogP contribution in [0.2, 0.25) is 0 Å². The van der Waals surface area contributed by atoms with Gasteiger partial charge in [0.2, 0.25) is 0 Å². The van der Waals surface area contributed by atoms with E-state index in [0.29, 0.717) is 22.0 Å². The molecule has 0 bridgehead atoms. The van der Waals surface area contributed by atoms with Crippen LogP contribution >= 0.6 is 0 Å². The van der Waals surface area contributed by atoms with Crippen molar-refractivity contribution in [1.29, 1.82) is 5.26 Å². The van der Waals surface area contributed by atoms with Crippen LogP contribution in [0.1, 0.15) is 5.56 Å². The summed E-state index contributed by atoms with van der Waals surface area (Å²) >= 11 is 0. The molecule has 4 nitrogen and oxygen atoms in total. The Bertz CT molecular complexity index is 845. The molecule has 1 N–H and O–H groups in total. The van der Waals surface area contributed by atoms with Gasteiger partial charge in [0.1, 0.15) is 0 Å². The zero-order valence-electron chi connectivity index (χ0n) is 9.92. The molecular weight excluding hydrogens is 238 g/mol. The summed E-state index contributed by atoms with van der Waals surface area (Å²) in [7, 11) is 0. The summed E-state index contributed by atoms with van der Waals surface area (Å²) < 4.78 is 0. The molecule has 19 heavy (non-hydrogen) atoms. The summed E-state index contributed by atoms with van der Waals surface area (Å²) in [6, 6.07) is 16.6. The molecule has 0 aliphatic rings. The van der Waals surface area contributed by atoms with Crippen LogP contribution in [-0.4, -0.2) is 10.2 Å². The van der Waals surface area contributed by atoms with Crippen molar-refractivity contribution in [3.63, 3.8) is 0 Å². The Labute approximate surface area is 108 Å². The van der Waals surface area contributed by atoms with Crippen LogP contribution in [0.25, 0.3) is 22.0 Å². The molecule has 4 heteroatoms. The quantitative estimate of drug-likeness (QED) is 0.718. The molecule has 1 heterocycles. The van der Waals surface area contributed by atoms with Gasteiger partial charge >= 0.3 is 0 Å². The Hall–Kier alpha value is -2.93. The molecule has 3 aromatic rings. The highest BCUT2D eigenvalue weighted by Gasteiger charge is 2.09. The van der Waals surface area contributed by atoms with Crippen molar-refractivity contribution in [2.24, 2.45) is 0 Å². The number of hydrogen-bond donors (Lipinski definition) is 1. The van der Waals surface area contributed by atoms with Gasteiger partial charge in [0.05, 0.1) is 22.7 Å². The second-order valence-electron chi connectivity index (χ2n) is 4.14. The van der Waals surface area contributed by atoms with Crippen molar-refractivity contribution >= 4 is 10.8 Å². The molecule has 0 radical (unpaired) electrons. The number of rotatable bonds is 1. The SMILES string of the molecule is N#Cc1ccc2c(=O)[nH]nc(-c3ccccc3)c2c1. The summed E-state index contributed by atoms with van der Waals surface area (Å²) in [4.78, 5) is 11.8. The molecule has 0 atom stereocenters. The highest BCUT2D eigenvalue weighted by atomic mass is 16.1. The Morgan fingerprint density at radius 3 is 2.58 bits per heavy atom. The number of aromatic amines is 1. The Balaban J connectivity index is 2.41. The van der Waals surface area contributed by atoms with Crippen molar-refractivity contribution in [2.45, 2.75) is 0 Å². The van der Waals surface area contributed by atoms with E-state index in [2.05, 4.69) is 16.3 Å². The van der Waals surface area contributed by atoms with Crippen LogP contribution in [-0.2, 0) is 0 Å². The zero-order chi connectivity index (χ0) is 13.2. The third-order valence-corrected chi connectivity index (χ3v) is 2.96. The highest BCUT2D eigenvalue weighted by Crippen LogP contribution is 2.24. The topological polar surface area (TPSA) is 69.5 Å². The highest BCUT2D eigenvalue weighted by molar-refractivity contribution is 5.94. The van der Waals surface area contributed by atoms with Crippen LogP contribution in [0.4, 0.5) is 0 Å². The third-order valence-electron chi connectivity index (χ3n) is 2.96. The number of nitrogens with one attached hydrogen (secondary N) is 1. The number of H-pyrrole nitrogens is 1. The molecule has 0 spiro atoms. The minimum absolute atomic E-state index is 0.251. The van der Waals surface area contributed by atoms with Gasteiger partial charge in [0, 0.05) is 10.9 Å². The first-order valence-electron chi connectivity index (χ1n) is 5.77. The Kier molecular flexibility index (Phi) is 2.58. The van der Waals surface area contributed by atoms with Gasteiger partial charge < -0.3 is 0 Å². The first-order valence-corrected chi connectivity index (χ1v) is 5.77. The molecule has 3 rings (SSSR count). The van der Waals surface area contributed by atoms with E-state index in [0.717, 1.165) is 5.56 Å². The van der Waals surface area contributed by atoms with Gasteiger partial charge in [0.15, 0.2) is 0 Å². The molecule has 2 aromatic carbocycles. The van der Waals surface area contributed by atoms with Crippen molar-refractivity contribution in [3.8, 4) is 17.3 Å². The summed E-state index contributed by atoms with van der Waals surface area (Å²) in [6.45, 7) is 0. The zero-order valence-corrected chi connectivity index (χ0v) is 9.92. The lowest BCUT2D eigenvalue weighted by molar-refractivity contribution is 1.02. The lowest BCUT2D eigenvalue weighted by Crippen LogP contribution is -2.09. The average Bonchev–Trinajstić information content (AvgIpc) is 2.48. The molecule has 0 unspecified atom stereocenters. The van der Waals surface area contributed by atoms with E-state index < -0.39 is 0 Å². The molecule has 0 saturated carbocycles. The van der Waals surface area contributed by atoms with Crippen molar-refractivity contribution in [3.05, 3.63) is 64.4 Å². The average molecular weight is 247 g/mol. The summed E-state index contributed by atoms with van der Waals surface area (Å²) in [5, 5.41) is 16.8. The van der Waals surface area contributed by atoms with E-state index in [4.69, 9.17) is 5.26 Å². The number of fused-ring (bicyclic) bond motifs is 1. The molecule has 0 aliphatic carbocycles. The lowest BCUT2D eigenvalue weighted by Gasteiger charge is -2.05. The van der Waals surface area contributed by atoms with E-state index in [1.807, 2.05) is 30.3 Å². The molecule has 0 aliphatic heterocycles. The number of benzene rings is 2. The number of hydrogen-bond acceptors (Lipinski definition) is 3. The first kappa shape index (κ1) is 11.2. The third kappa shape index (κ3) is 1.87. The van der Waals surface area contributed by atoms with Gasteiger partial charge in [-0.3, -0.25) is 4.79 Å². The fourth-order valence-corrected chi connectivity index (χ4v) is 2.05. The van der Waals surface area contributed by atoms with Crippen LogP contribution in [0.15, 0.2) is 53.3 Å². The monoisotopic (exact) mass is 247 g/mol. The maximum Gasteiger partial charge on any atom is 0.272 e.